The average Bonchev–Trinajstić information content (AvgIpc) is 2.40. The molecule has 0 aromatic heterocycles. The van der Waals surface area contributed by atoms with E-state index in [1.54, 1.807) is 19.2 Å². The van der Waals surface area contributed by atoms with Crippen LogP contribution in [0.5, 0.6) is 5.75 Å². The van der Waals surface area contributed by atoms with E-state index in [-0.39, 0.29) is 0 Å². The van der Waals surface area contributed by atoms with Gasteiger partial charge in [-0.25, -0.2) is 0 Å². The molecule has 4 nitrogen and oxygen atoms in total. The number of nitrogens with zero attached hydrogens (tertiary/aromatic N) is 2. The van der Waals surface area contributed by atoms with Crippen molar-refractivity contribution in [3.63, 3.8) is 0 Å². The summed E-state index contributed by atoms with van der Waals surface area (Å²) in [4.78, 5) is 0. The minimum Gasteiger partial charge on any atom is -0.496 e. The molecular weight excluding hydrogens is 238 g/mol. The van der Waals surface area contributed by atoms with E-state index in [2.05, 4.69) is 10.2 Å². The molecule has 2 N–H and O–H groups in total. The Hall–Kier alpha value is -2.36. The largest absolute Gasteiger partial charge is 0.496 e. The second kappa shape index (κ2) is 5.52. The predicted octanol–water partition coefficient (Wildman–Crippen LogP) is 4.31. The van der Waals surface area contributed by atoms with Gasteiger partial charge in [0.2, 0.25) is 0 Å². The van der Waals surface area contributed by atoms with Crippen LogP contribution in [0, 0.1) is 13.8 Å². The zero-order valence-electron chi connectivity index (χ0n) is 11.3. The molecule has 0 saturated carbocycles. The first-order chi connectivity index (χ1) is 9.10. The van der Waals surface area contributed by atoms with E-state index in [1.165, 1.54) is 0 Å². The second-order valence-corrected chi connectivity index (χ2v) is 4.40. The zero-order valence-corrected chi connectivity index (χ0v) is 11.3. The third-order valence-corrected chi connectivity index (χ3v) is 2.88. The van der Waals surface area contributed by atoms with Gasteiger partial charge in [-0.3, -0.25) is 0 Å². The first-order valence-corrected chi connectivity index (χ1v) is 6.02. The summed E-state index contributed by atoms with van der Waals surface area (Å²) in [6, 6.07) is 11.2. The molecule has 0 unspecified atom stereocenters. The molecule has 0 spiro atoms. The number of hydrogen-bond donors (Lipinski definition) is 1. The Morgan fingerprint density at radius 1 is 0.947 bits per heavy atom. The van der Waals surface area contributed by atoms with E-state index in [9.17, 15) is 0 Å². The highest BCUT2D eigenvalue weighted by atomic mass is 16.5. The monoisotopic (exact) mass is 255 g/mol. The lowest BCUT2D eigenvalue weighted by Gasteiger charge is -2.07. The van der Waals surface area contributed by atoms with Gasteiger partial charge in [0.05, 0.1) is 18.5 Å². The molecular formula is C15H17N3O. The maximum atomic E-state index is 5.62. The Balaban J connectivity index is 2.30. The van der Waals surface area contributed by atoms with Crippen molar-refractivity contribution >= 4 is 17.1 Å². The van der Waals surface area contributed by atoms with Crippen LogP contribution in [0.15, 0.2) is 46.6 Å². The number of nitrogens with two attached hydrogens (primary N) is 1. The normalized spacial score (nSPS) is 10.9. The average molecular weight is 255 g/mol. The molecule has 0 aliphatic carbocycles. The summed E-state index contributed by atoms with van der Waals surface area (Å²) in [6.07, 6.45) is 0. The van der Waals surface area contributed by atoms with E-state index in [0.29, 0.717) is 5.69 Å². The molecule has 2 aromatic rings. The molecule has 0 saturated heterocycles. The molecule has 19 heavy (non-hydrogen) atoms. The van der Waals surface area contributed by atoms with Crippen LogP contribution in [0.1, 0.15) is 11.1 Å². The lowest BCUT2D eigenvalue weighted by molar-refractivity contribution is 0.411. The summed E-state index contributed by atoms with van der Waals surface area (Å²) in [7, 11) is 1.65. The lowest BCUT2D eigenvalue weighted by atomic mass is 10.1. The predicted molar refractivity (Wildman–Crippen MR) is 77.5 cm³/mol. The van der Waals surface area contributed by atoms with Gasteiger partial charge in [0.25, 0.3) is 0 Å². The third kappa shape index (κ3) is 3.10. The van der Waals surface area contributed by atoms with Crippen LogP contribution < -0.4 is 10.5 Å². The molecule has 0 radical (unpaired) electrons. The minimum atomic E-state index is 0.715. The van der Waals surface area contributed by atoms with Gasteiger partial charge in [0.1, 0.15) is 5.75 Å². The summed E-state index contributed by atoms with van der Waals surface area (Å²) in [5.74, 6) is 0.817. The number of benzene rings is 2. The first-order valence-electron chi connectivity index (χ1n) is 6.02. The van der Waals surface area contributed by atoms with Crippen molar-refractivity contribution in [2.45, 2.75) is 13.8 Å². The van der Waals surface area contributed by atoms with Crippen molar-refractivity contribution in [2.24, 2.45) is 10.2 Å². The Morgan fingerprint density at radius 3 is 2.26 bits per heavy atom. The summed E-state index contributed by atoms with van der Waals surface area (Å²) < 4.78 is 5.29. The molecule has 98 valence electrons. The Morgan fingerprint density at radius 2 is 1.63 bits per heavy atom. The fourth-order valence-electron chi connectivity index (χ4n) is 1.80. The van der Waals surface area contributed by atoms with Gasteiger partial charge in [-0.1, -0.05) is 6.07 Å². The topological polar surface area (TPSA) is 60.0 Å². The van der Waals surface area contributed by atoms with Gasteiger partial charge in [-0.2, -0.15) is 10.2 Å². The van der Waals surface area contributed by atoms with Crippen LogP contribution in [0.4, 0.5) is 17.1 Å². The third-order valence-electron chi connectivity index (χ3n) is 2.88. The molecule has 0 heterocycles. The number of aryl methyl sites for hydroxylation is 2. The number of rotatable bonds is 3. The van der Waals surface area contributed by atoms with E-state index in [1.807, 2.05) is 38.1 Å². The van der Waals surface area contributed by atoms with Crippen LogP contribution in [-0.4, -0.2) is 7.11 Å². The maximum Gasteiger partial charge on any atom is 0.124 e. The lowest BCUT2D eigenvalue weighted by Crippen LogP contribution is -1.88. The van der Waals surface area contributed by atoms with E-state index < -0.39 is 0 Å². The van der Waals surface area contributed by atoms with E-state index in [0.717, 1.165) is 28.3 Å². The number of anilines is 1. The van der Waals surface area contributed by atoms with Crippen LogP contribution >= 0.6 is 0 Å². The molecule has 0 atom stereocenters. The fraction of sp³-hybridized carbons (Fsp3) is 0.200. The molecule has 0 aliphatic rings. The SMILES string of the molecule is COc1cc(N=Nc2ccc(N)cc2)c(C)cc1C. The summed E-state index contributed by atoms with van der Waals surface area (Å²) in [5.41, 5.74) is 10.1. The summed E-state index contributed by atoms with van der Waals surface area (Å²) >= 11 is 0. The van der Waals surface area contributed by atoms with Gasteiger partial charge in [-0.05, 0) is 49.2 Å². The van der Waals surface area contributed by atoms with Crippen molar-refractivity contribution in [1.29, 1.82) is 0 Å². The van der Waals surface area contributed by atoms with Crippen molar-refractivity contribution in [3.8, 4) is 5.75 Å². The Bertz CT molecular complexity index is 604. The number of ether oxygens (including phenoxy) is 1. The van der Waals surface area contributed by atoms with Crippen LogP contribution in [0.3, 0.4) is 0 Å². The second-order valence-electron chi connectivity index (χ2n) is 4.40. The van der Waals surface area contributed by atoms with Crippen molar-refractivity contribution < 1.29 is 4.74 Å². The van der Waals surface area contributed by atoms with Crippen LogP contribution in [0.25, 0.3) is 0 Å². The Kier molecular flexibility index (Phi) is 3.80. The van der Waals surface area contributed by atoms with Crippen LogP contribution in [-0.2, 0) is 0 Å². The quantitative estimate of drug-likeness (QED) is 0.656. The van der Waals surface area contributed by atoms with Gasteiger partial charge in [0.15, 0.2) is 0 Å². The van der Waals surface area contributed by atoms with Crippen molar-refractivity contribution in [1.82, 2.24) is 0 Å². The molecule has 0 fully saturated rings. The highest BCUT2D eigenvalue weighted by Crippen LogP contribution is 2.29. The van der Waals surface area contributed by atoms with Gasteiger partial charge < -0.3 is 10.5 Å². The highest BCUT2D eigenvalue weighted by molar-refractivity contribution is 5.54. The molecule has 2 aromatic carbocycles. The Labute approximate surface area is 112 Å². The number of methoxy groups -OCH3 is 1. The highest BCUT2D eigenvalue weighted by Gasteiger charge is 2.04. The standard InChI is InChI=1S/C15H17N3O/c1-10-8-11(2)15(19-3)9-14(10)18-17-13-6-4-12(16)5-7-13/h4-9H,16H2,1-3H3. The summed E-state index contributed by atoms with van der Waals surface area (Å²) in [5, 5.41) is 8.46. The van der Waals surface area contributed by atoms with E-state index >= 15 is 0 Å². The fourth-order valence-corrected chi connectivity index (χ4v) is 1.80. The number of azo groups is 1. The molecule has 2 rings (SSSR count). The first kappa shape index (κ1) is 13.1. The molecule has 4 heteroatoms. The minimum absolute atomic E-state index is 0.715. The van der Waals surface area contributed by atoms with E-state index in [4.69, 9.17) is 10.5 Å². The van der Waals surface area contributed by atoms with Crippen molar-refractivity contribution in [3.05, 3.63) is 47.5 Å². The van der Waals surface area contributed by atoms with Gasteiger partial charge in [-0.15, -0.1) is 0 Å². The number of hydrogen-bond acceptors (Lipinski definition) is 4. The van der Waals surface area contributed by atoms with Crippen molar-refractivity contribution in [2.75, 3.05) is 12.8 Å². The molecule has 0 aliphatic heterocycles. The zero-order chi connectivity index (χ0) is 13.8. The molecule has 0 amide bonds. The smallest absolute Gasteiger partial charge is 0.124 e. The van der Waals surface area contributed by atoms with Crippen LogP contribution in [0.2, 0.25) is 0 Å². The number of nitrogen functional groups attached to an aromatic ring is 1. The van der Waals surface area contributed by atoms with Gasteiger partial charge in [0, 0.05) is 11.8 Å². The van der Waals surface area contributed by atoms with Gasteiger partial charge >= 0.3 is 0 Å². The maximum absolute atomic E-state index is 5.62. The summed E-state index contributed by atoms with van der Waals surface area (Å²) in [6.45, 7) is 4.01. The molecule has 0 bridgehead atoms.